The molecular formula is C13H14BrNO3. The van der Waals surface area contributed by atoms with Gasteiger partial charge in [-0.15, -0.1) is 0 Å². The third kappa shape index (κ3) is 2.90. The van der Waals surface area contributed by atoms with Crippen molar-refractivity contribution < 1.29 is 14.7 Å². The highest BCUT2D eigenvalue weighted by molar-refractivity contribution is 9.10. The fraction of sp³-hybridized carbons (Fsp3) is 0.385. The van der Waals surface area contributed by atoms with Crippen molar-refractivity contribution in [2.24, 2.45) is 5.92 Å². The Bertz CT molecular complexity index is 472. The number of carbonyl (C=O) groups is 2. The van der Waals surface area contributed by atoms with Gasteiger partial charge in [-0.3, -0.25) is 9.59 Å². The van der Waals surface area contributed by atoms with Crippen LogP contribution in [-0.2, 0) is 9.59 Å². The number of hydrogen-bond acceptors (Lipinski definition) is 2. The number of hydrogen-bond donors (Lipinski definition) is 1. The predicted molar refractivity (Wildman–Crippen MR) is 70.3 cm³/mol. The van der Waals surface area contributed by atoms with Crippen LogP contribution in [0.3, 0.4) is 0 Å². The molecular weight excluding hydrogens is 298 g/mol. The van der Waals surface area contributed by atoms with Gasteiger partial charge in [0.2, 0.25) is 5.91 Å². The quantitative estimate of drug-likeness (QED) is 0.926. The maximum atomic E-state index is 11.9. The Kier molecular flexibility index (Phi) is 3.71. The first-order valence-electron chi connectivity index (χ1n) is 5.71. The predicted octanol–water partition coefficient (Wildman–Crippen LogP) is 2.10. The van der Waals surface area contributed by atoms with Crippen LogP contribution in [0.2, 0.25) is 0 Å². The topological polar surface area (TPSA) is 57.6 Å². The summed E-state index contributed by atoms with van der Waals surface area (Å²) in [6.45, 7) is -0.234. The molecule has 4 nitrogen and oxygen atoms in total. The average molecular weight is 312 g/mol. The molecule has 1 N–H and O–H groups in total. The van der Waals surface area contributed by atoms with Gasteiger partial charge in [0.05, 0.1) is 0 Å². The number of aliphatic carboxylic acids is 1. The molecule has 1 aliphatic rings. The second-order valence-corrected chi connectivity index (χ2v) is 5.50. The highest BCUT2D eigenvalue weighted by Crippen LogP contribution is 2.48. The lowest BCUT2D eigenvalue weighted by Crippen LogP contribution is -2.33. The second kappa shape index (κ2) is 5.10. The lowest BCUT2D eigenvalue weighted by molar-refractivity contribution is -0.144. The van der Waals surface area contributed by atoms with Gasteiger partial charge in [-0.25, -0.2) is 0 Å². The van der Waals surface area contributed by atoms with Crippen LogP contribution in [0.15, 0.2) is 28.7 Å². The Balaban J connectivity index is 1.96. The van der Waals surface area contributed by atoms with Gasteiger partial charge in [0, 0.05) is 17.4 Å². The van der Waals surface area contributed by atoms with Crippen molar-refractivity contribution >= 4 is 27.8 Å². The Morgan fingerprint density at radius 2 is 2.00 bits per heavy atom. The van der Waals surface area contributed by atoms with E-state index < -0.39 is 5.97 Å². The average Bonchev–Trinajstić information content (AvgIpc) is 3.08. The summed E-state index contributed by atoms with van der Waals surface area (Å²) in [6.07, 6.45) is 0.810. The van der Waals surface area contributed by atoms with Crippen molar-refractivity contribution in [3.05, 3.63) is 34.3 Å². The van der Waals surface area contributed by atoms with Gasteiger partial charge in [-0.1, -0.05) is 28.1 Å². The Morgan fingerprint density at radius 1 is 1.39 bits per heavy atom. The number of carboxylic acid groups (broad SMARTS) is 1. The number of rotatable bonds is 4. The third-order valence-corrected chi connectivity index (χ3v) is 3.68. The summed E-state index contributed by atoms with van der Waals surface area (Å²) in [5.74, 6) is -0.880. The van der Waals surface area contributed by atoms with E-state index >= 15 is 0 Å². The number of amides is 1. The smallest absolute Gasteiger partial charge is 0.323 e. The standard InChI is InChI=1S/C13H14BrNO3/c1-15(7-12(16)17)13(18)11-6-10(11)8-2-4-9(14)5-3-8/h2-5,10-11H,6-7H2,1H3,(H,16,17). The zero-order chi connectivity index (χ0) is 13.3. The van der Waals surface area contributed by atoms with Crippen molar-refractivity contribution in [1.29, 1.82) is 0 Å². The first-order valence-corrected chi connectivity index (χ1v) is 6.50. The van der Waals surface area contributed by atoms with E-state index in [0.29, 0.717) is 0 Å². The maximum Gasteiger partial charge on any atom is 0.323 e. The molecule has 0 heterocycles. The SMILES string of the molecule is CN(CC(=O)O)C(=O)C1CC1c1ccc(Br)cc1. The molecule has 0 bridgehead atoms. The number of carbonyl (C=O) groups excluding carboxylic acids is 1. The number of nitrogens with zero attached hydrogens (tertiary/aromatic N) is 1. The van der Waals surface area contributed by atoms with Crippen LogP contribution >= 0.6 is 15.9 Å². The van der Waals surface area contributed by atoms with E-state index in [2.05, 4.69) is 15.9 Å². The Morgan fingerprint density at radius 3 is 2.56 bits per heavy atom. The second-order valence-electron chi connectivity index (χ2n) is 4.59. The summed E-state index contributed by atoms with van der Waals surface area (Å²) in [4.78, 5) is 23.8. The number of halogens is 1. The monoisotopic (exact) mass is 311 g/mol. The van der Waals surface area contributed by atoms with Gasteiger partial charge in [-0.05, 0) is 30.0 Å². The molecule has 5 heteroatoms. The molecule has 96 valence electrons. The number of carboxylic acids is 1. The Labute approximate surface area is 114 Å². The van der Waals surface area contributed by atoms with Gasteiger partial charge in [-0.2, -0.15) is 0 Å². The molecule has 0 saturated heterocycles. The van der Waals surface area contributed by atoms with E-state index in [1.54, 1.807) is 0 Å². The first kappa shape index (κ1) is 13.1. The molecule has 1 aromatic carbocycles. The van der Waals surface area contributed by atoms with Crippen molar-refractivity contribution in [2.45, 2.75) is 12.3 Å². The summed E-state index contributed by atoms with van der Waals surface area (Å²) in [5.41, 5.74) is 1.14. The highest BCUT2D eigenvalue weighted by Gasteiger charge is 2.45. The minimum atomic E-state index is -0.980. The molecule has 1 aromatic rings. The number of likely N-dealkylation sites (N-methyl/N-ethyl adjacent to an activating group) is 1. The minimum Gasteiger partial charge on any atom is -0.480 e. The number of benzene rings is 1. The van der Waals surface area contributed by atoms with Gasteiger partial charge in [0.25, 0.3) is 0 Å². The molecule has 2 atom stereocenters. The highest BCUT2D eigenvalue weighted by atomic mass is 79.9. The summed E-state index contributed by atoms with van der Waals surface area (Å²) in [7, 11) is 1.54. The summed E-state index contributed by atoms with van der Waals surface area (Å²) >= 11 is 3.37. The van der Waals surface area contributed by atoms with Crippen LogP contribution in [0, 0.1) is 5.92 Å². The molecule has 2 unspecified atom stereocenters. The van der Waals surface area contributed by atoms with Gasteiger partial charge in [0.1, 0.15) is 6.54 Å². The van der Waals surface area contributed by atoms with Crippen molar-refractivity contribution in [1.82, 2.24) is 4.90 Å². The van der Waals surface area contributed by atoms with E-state index in [1.807, 2.05) is 24.3 Å². The van der Waals surface area contributed by atoms with Crippen LogP contribution < -0.4 is 0 Å². The van der Waals surface area contributed by atoms with Gasteiger partial charge in [0.15, 0.2) is 0 Å². The first-order chi connectivity index (χ1) is 8.49. The molecule has 2 rings (SSSR count). The molecule has 1 fully saturated rings. The van der Waals surface area contributed by atoms with E-state index in [4.69, 9.17) is 5.11 Å². The zero-order valence-electron chi connectivity index (χ0n) is 9.97. The molecule has 1 aliphatic carbocycles. The van der Waals surface area contributed by atoms with Crippen LogP contribution in [0.25, 0.3) is 0 Å². The fourth-order valence-electron chi connectivity index (χ4n) is 2.11. The molecule has 0 spiro atoms. The van der Waals surface area contributed by atoms with E-state index in [0.717, 1.165) is 16.5 Å². The van der Waals surface area contributed by atoms with Crippen LogP contribution in [0.4, 0.5) is 0 Å². The van der Waals surface area contributed by atoms with Crippen molar-refractivity contribution in [3.8, 4) is 0 Å². The molecule has 18 heavy (non-hydrogen) atoms. The van der Waals surface area contributed by atoms with Crippen LogP contribution in [0.5, 0.6) is 0 Å². The summed E-state index contributed by atoms with van der Waals surface area (Å²) < 4.78 is 1.01. The fourth-order valence-corrected chi connectivity index (χ4v) is 2.37. The van der Waals surface area contributed by atoms with Crippen LogP contribution in [-0.4, -0.2) is 35.5 Å². The Hall–Kier alpha value is -1.36. The molecule has 0 aliphatic heterocycles. The maximum absolute atomic E-state index is 11.9. The van der Waals surface area contributed by atoms with E-state index in [-0.39, 0.29) is 24.3 Å². The largest absolute Gasteiger partial charge is 0.480 e. The molecule has 1 saturated carbocycles. The third-order valence-electron chi connectivity index (χ3n) is 3.15. The summed E-state index contributed by atoms with van der Waals surface area (Å²) in [5, 5.41) is 8.65. The van der Waals surface area contributed by atoms with Crippen molar-refractivity contribution in [2.75, 3.05) is 13.6 Å². The van der Waals surface area contributed by atoms with Crippen LogP contribution in [0.1, 0.15) is 17.9 Å². The lowest BCUT2D eigenvalue weighted by Gasteiger charge is -2.14. The molecule has 0 aromatic heterocycles. The van der Waals surface area contributed by atoms with E-state index in [9.17, 15) is 9.59 Å². The normalized spacial score (nSPS) is 21.4. The minimum absolute atomic E-state index is 0.0597. The molecule has 0 radical (unpaired) electrons. The zero-order valence-corrected chi connectivity index (χ0v) is 11.6. The lowest BCUT2D eigenvalue weighted by atomic mass is 10.1. The van der Waals surface area contributed by atoms with Gasteiger partial charge < -0.3 is 10.0 Å². The van der Waals surface area contributed by atoms with Crippen molar-refractivity contribution in [3.63, 3.8) is 0 Å². The summed E-state index contributed by atoms with van der Waals surface area (Å²) in [6, 6.07) is 7.91. The van der Waals surface area contributed by atoms with Gasteiger partial charge >= 0.3 is 5.97 Å². The van der Waals surface area contributed by atoms with E-state index in [1.165, 1.54) is 11.9 Å². The molecule has 1 amide bonds.